The Morgan fingerprint density at radius 1 is 1.16 bits per heavy atom. The van der Waals surface area contributed by atoms with Crippen molar-refractivity contribution in [2.24, 2.45) is 0 Å². The van der Waals surface area contributed by atoms with Crippen LogP contribution >= 0.6 is 0 Å². The minimum absolute atomic E-state index is 0.237. The van der Waals surface area contributed by atoms with E-state index in [1.807, 2.05) is 0 Å². The van der Waals surface area contributed by atoms with Gasteiger partial charge in [-0.2, -0.15) is 0 Å². The molecule has 0 radical (unpaired) electrons. The van der Waals surface area contributed by atoms with Crippen LogP contribution < -0.4 is 5.73 Å². The second-order valence-corrected chi connectivity index (χ2v) is 6.28. The molecule has 0 spiro atoms. The summed E-state index contributed by atoms with van der Waals surface area (Å²) in [5.74, 6) is -0.265. The van der Waals surface area contributed by atoms with Crippen LogP contribution in [0, 0.1) is 5.82 Å². The second-order valence-electron chi connectivity index (χ2n) is 6.28. The first-order valence-electron chi connectivity index (χ1n) is 6.87. The number of nitrogen functional groups attached to an aromatic ring is 1. The van der Waals surface area contributed by atoms with E-state index in [1.54, 1.807) is 6.07 Å². The molecule has 0 unspecified atom stereocenters. The third-order valence-electron chi connectivity index (χ3n) is 3.82. The molecule has 2 rings (SSSR count). The lowest BCUT2D eigenvalue weighted by Crippen LogP contribution is -2.53. The zero-order valence-electron chi connectivity index (χ0n) is 12.1. The highest BCUT2D eigenvalue weighted by Crippen LogP contribution is 2.19. The molecule has 1 heterocycles. The van der Waals surface area contributed by atoms with Gasteiger partial charge in [-0.25, -0.2) is 4.39 Å². The monoisotopic (exact) mass is 265 g/mol. The summed E-state index contributed by atoms with van der Waals surface area (Å²) < 4.78 is 13.0. The van der Waals surface area contributed by atoms with Crippen LogP contribution in [-0.2, 0) is 6.54 Å². The highest BCUT2D eigenvalue weighted by atomic mass is 19.1. The molecule has 2 N–H and O–H groups in total. The lowest BCUT2D eigenvalue weighted by atomic mass is 10.0. The topological polar surface area (TPSA) is 32.5 Å². The van der Waals surface area contributed by atoms with E-state index in [9.17, 15) is 4.39 Å². The van der Waals surface area contributed by atoms with Gasteiger partial charge in [0, 0.05) is 44.0 Å². The van der Waals surface area contributed by atoms with Crippen molar-refractivity contribution in [2.45, 2.75) is 32.9 Å². The number of piperazine rings is 1. The molecule has 0 aromatic heterocycles. The van der Waals surface area contributed by atoms with Crippen LogP contribution in [0.15, 0.2) is 18.2 Å². The Hall–Kier alpha value is -1.13. The number of benzene rings is 1. The molecule has 0 amide bonds. The molecule has 4 heteroatoms. The average molecular weight is 265 g/mol. The van der Waals surface area contributed by atoms with Gasteiger partial charge in [-0.15, -0.1) is 0 Å². The molecule has 1 aromatic rings. The molecule has 0 saturated carbocycles. The Balaban J connectivity index is 1.92. The maximum Gasteiger partial charge on any atom is 0.125 e. The summed E-state index contributed by atoms with van der Waals surface area (Å²) in [5, 5.41) is 0. The summed E-state index contributed by atoms with van der Waals surface area (Å²) in [4.78, 5) is 4.88. The van der Waals surface area contributed by atoms with E-state index in [0.29, 0.717) is 5.69 Å². The standard InChI is InChI=1S/C15H24FN3/c1-15(2,3)19-8-6-18(7-9-19)11-12-4-5-13(16)10-14(12)17/h4-5,10H,6-9,11,17H2,1-3H3. The van der Waals surface area contributed by atoms with E-state index in [0.717, 1.165) is 38.3 Å². The Morgan fingerprint density at radius 2 is 1.79 bits per heavy atom. The fourth-order valence-electron chi connectivity index (χ4n) is 2.53. The molecule has 1 fully saturated rings. The molecular formula is C15H24FN3. The number of nitrogens with zero attached hydrogens (tertiary/aromatic N) is 2. The predicted molar refractivity (Wildman–Crippen MR) is 77.4 cm³/mol. The maximum absolute atomic E-state index is 13.0. The van der Waals surface area contributed by atoms with Gasteiger partial charge in [0.15, 0.2) is 0 Å². The Kier molecular flexibility index (Phi) is 4.11. The lowest BCUT2D eigenvalue weighted by molar-refractivity contribution is 0.0592. The van der Waals surface area contributed by atoms with E-state index in [-0.39, 0.29) is 11.4 Å². The highest BCUT2D eigenvalue weighted by molar-refractivity contribution is 5.46. The third-order valence-corrected chi connectivity index (χ3v) is 3.82. The molecule has 0 aliphatic carbocycles. The second kappa shape index (κ2) is 5.47. The van der Waals surface area contributed by atoms with Crippen LogP contribution in [0.3, 0.4) is 0 Å². The van der Waals surface area contributed by atoms with E-state index >= 15 is 0 Å². The number of rotatable bonds is 2. The van der Waals surface area contributed by atoms with Gasteiger partial charge in [0.05, 0.1) is 0 Å². The van der Waals surface area contributed by atoms with Crippen LogP contribution in [-0.4, -0.2) is 41.5 Å². The predicted octanol–water partition coefficient (Wildman–Crippen LogP) is 2.32. The summed E-state index contributed by atoms with van der Waals surface area (Å²) in [6, 6.07) is 4.68. The molecule has 0 bridgehead atoms. The summed E-state index contributed by atoms with van der Waals surface area (Å²) in [6.07, 6.45) is 0. The molecule has 106 valence electrons. The Labute approximate surface area is 115 Å². The van der Waals surface area contributed by atoms with Crippen molar-refractivity contribution in [3.05, 3.63) is 29.6 Å². The van der Waals surface area contributed by atoms with E-state index < -0.39 is 0 Å². The van der Waals surface area contributed by atoms with Crippen molar-refractivity contribution in [3.8, 4) is 0 Å². The zero-order valence-corrected chi connectivity index (χ0v) is 12.1. The van der Waals surface area contributed by atoms with Crippen LogP contribution in [0.4, 0.5) is 10.1 Å². The maximum atomic E-state index is 13.0. The first-order valence-corrected chi connectivity index (χ1v) is 6.87. The van der Waals surface area contributed by atoms with Crippen molar-refractivity contribution in [2.75, 3.05) is 31.9 Å². The Bertz CT molecular complexity index is 432. The number of hydrogen-bond donors (Lipinski definition) is 1. The van der Waals surface area contributed by atoms with Crippen molar-refractivity contribution >= 4 is 5.69 Å². The fourth-order valence-corrected chi connectivity index (χ4v) is 2.53. The zero-order chi connectivity index (χ0) is 14.0. The number of nitrogens with two attached hydrogens (primary N) is 1. The van der Waals surface area contributed by atoms with E-state index in [4.69, 9.17) is 5.73 Å². The van der Waals surface area contributed by atoms with Crippen LogP contribution in [0.1, 0.15) is 26.3 Å². The van der Waals surface area contributed by atoms with Crippen molar-refractivity contribution in [1.82, 2.24) is 9.80 Å². The van der Waals surface area contributed by atoms with Crippen LogP contribution in [0.25, 0.3) is 0 Å². The van der Waals surface area contributed by atoms with Crippen molar-refractivity contribution in [1.29, 1.82) is 0 Å². The SMILES string of the molecule is CC(C)(C)N1CCN(Cc2ccc(F)cc2N)CC1. The van der Waals surface area contributed by atoms with Gasteiger partial charge < -0.3 is 5.73 Å². The molecule has 0 atom stereocenters. The first kappa shape index (κ1) is 14.3. The molecular weight excluding hydrogens is 241 g/mol. The van der Waals surface area contributed by atoms with Gasteiger partial charge in [0.1, 0.15) is 5.82 Å². The molecule has 1 aromatic carbocycles. The molecule has 3 nitrogen and oxygen atoms in total. The van der Waals surface area contributed by atoms with Gasteiger partial charge in [-0.05, 0) is 38.5 Å². The molecule has 1 aliphatic heterocycles. The summed E-state index contributed by atoms with van der Waals surface area (Å²) in [7, 11) is 0. The van der Waals surface area contributed by atoms with Crippen LogP contribution in [0.5, 0.6) is 0 Å². The minimum atomic E-state index is -0.265. The fraction of sp³-hybridized carbons (Fsp3) is 0.600. The quantitative estimate of drug-likeness (QED) is 0.833. The van der Waals surface area contributed by atoms with E-state index in [2.05, 4.69) is 30.6 Å². The summed E-state index contributed by atoms with van der Waals surface area (Å²) >= 11 is 0. The first-order chi connectivity index (χ1) is 8.86. The third kappa shape index (κ3) is 3.67. The number of halogens is 1. The molecule has 1 saturated heterocycles. The summed E-state index contributed by atoms with van der Waals surface area (Å²) in [5.41, 5.74) is 7.67. The number of hydrogen-bond acceptors (Lipinski definition) is 3. The van der Waals surface area contributed by atoms with Crippen molar-refractivity contribution in [3.63, 3.8) is 0 Å². The summed E-state index contributed by atoms with van der Waals surface area (Å²) in [6.45, 7) is 11.8. The van der Waals surface area contributed by atoms with Gasteiger partial charge >= 0.3 is 0 Å². The molecule has 1 aliphatic rings. The normalized spacial score (nSPS) is 18.7. The van der Waals surface area contributed by atoms with Crippen molar-refractivity contribution < 1.29 is 4.39 Å². The highest BCUT2D eigenvalue weighted by Gasteiger charge is 2.25. The largest absolute Gasteiger partial charge is 0.398 e. The van der Waals surface area contributed by atoms with E-state index in [1.165, 1.54) is 12.1 Å². The minimum Gasteiger partial charge on any atom is -0.398 e. The van der Waals surface area contributed by atoms with Crippen LogP contribution in [0.2, 0.25) is 0 Å². The molecule has 19 heavy (non-hydrogen) atoms. The lowest BCUT2D eigenvalue weighted by Gasteiger charge is -2.42. The van der Waals surface area contributed by atoms with Gasteiger partial charge in [-0.3, -0.25) is 9.80 Å². The van der Waals surface area contributed by atoms with Gasteiger partial charge in [0.25, 0.3) is 0 Å². The smallest absolute Gasteiger partial charge is 0.125 e. The number of anilines is 1. The Morgan fingerprint density at radius 3 is 2.32 bits per heavy atom. The van der Waals surface area contributed by atoms with Gasteiger partial charge in [-0.1, -0.05) is 6.07 Å². The average Bonchev–Trinajstić information content (AvgIpc) is 2.32. The van der Waals surface area contributed by atoms with Gasteiger partial charge in [0.2, 0.25) is 0 Å².